The number of thiophene rings is 1. The average Bonchev–Trinajstić information content (AvgIpc) is 2.88. The monoisotopic (exact) mass is 374 g/mol. The van der Waals surface area contributed by atoms with Crippen LogP contribution in [0.1, 0.15) is 41.7 Å². The topological polar surface area (TPSA) is 98.6 Å². The summed E-state index contributed by atoms with van der Waals surface area (Å²) in [4.78, 5) is 31.3. The molecule has 1 aliphatic carbocycles. The molecular formula is C17H18N4O2S2. The molecule has 3 rings (SSSR count). The highest BCUT2D eigenvalue weighted by atomic mass is 32.2. The van der Waals surface area contributed by atoms with E-state index in [0.29, 0.717) is 15.7 Å². The largest absolute Gasteiger partial charge is 0.316 e. The summed E-state index contributed by atoms with van der Waals surface area (Å²) in [5.74, 6) is -0.0809. The van der Waals surface area contributed by atoms with Crippen LogP contribution in [0.25, 0.3) is 0 Å². The molecule has 0 radical (unpaired) electrons. The maximum Gasteiger partial charge on any atom is 0.251 e. The number of nitriles is 1. The minimum atomic E-state index is -0.247. The molecule has 0 bridgehead atoms. The van der Waals surface area contributed by atoms with Crippen LogP contribution in [0.15, 0.2) is 22.2 Å². The summed E-state index contributed by atoms with van der Waals surface area (Å²) < 4.78 is 0. The minimum Gasteiger partial charge on any atom is -0.316 e. The molecule has 8 heteroatoms. The van der Waals surface area contributed by atoms with Gasteiger partial charge in [-0.3, -0.25) is 9.59 Å². The first-order valence-corrected chi connectivity index (χ1v) is 10.00. The molecular weight excluding hydrogens is 356 g/mol. The normalized spacial score (nSPS) is 14.0. The van der Waals surface area contributed by atoms with Crippen molar-refractivity contribution in [2.75, 3.05) is 11.1 Å². The third kappa shape index (κ3) is 4.50. The molecule has 0 aromatic carbocycles. The standard InChI is InChI=1S/C17H18N4O2S2/c18-9-12-11-5-3-1-2-4-6-13(11)25-16(12)20-15(23)10-24-17-19-8-7-14(22)21-17/h7-8H,1-6,10H2,(H,20,23)(H,19,21,22). The average molecular weight is 374 g/mol. The van der Waals surface area contributed by atoms with Crippen LogP contribution in [0, 0.1) is 11.3 Å². The van der Waals surface area contributed by atoms with Gasteiger partial charge >= 0.3 is 0 Å². The number of amides is 1. The number of aryl methyl sites for hydroxylation is 1. The van der Waals surface area contributed by atoms with E-state index in [1.807, 2.05) is 0 Å². The second kappa shape index (κ2) is 8.32. The van der Waals surface area contributed by atoms with Crippen LogP contribution < -0.4 is 10.9 Å². The number of hydrogen-bond acceptors (Lipinski definition) is 6. The zero-order chi connectivity index (χ0) is 17.6. The summed E-state index contributed by atoms with van der Waals surface area (Å²) in [5.41, 5.74) is 1.48. The Morgan fingerprint density at radius 2 is 2.16 bits per heavy atom. The summed E-state index contributed by atoms with van der Waals surface area (Å²) in [7, 11) is 0. The number of thioether (sulfide) groups is 1. The van der Waals surface area contributed by atoms with E-state index in [0.717, 1.165) is 43.0 Å². The SMILES string of the molecule is N#Cc1c(NC(=O)CSc2nccc(=O)[nH]2)sc2c1CCCCCC2. The van der Waals surface area contributed by atoms with Crippen molar-refractivity contribution in [3.8, 4) is 6.07 Å². The first kappa shape index (κ1) is 17.7. The quantitative estimate of drug-likeness (QED) is 0.633. The number of hydrogen-bond donors (Lipinski definition) is 2. The third-order valence-corrected chi connectivity index (χ3v) is 6.12. The smallest absolute Gasteiger partial charge is 0.251 e. The molecule has 2 aromatic heterocycles. The fraction of sp³-hybridized carbons (Fsp3) is 0.412. The Kier molecular flexibility index (Phi) is 5.89. The molecule has 0 aliphatic heterocycles. The predicted molar refractivity (Wildman–Crippen MR) is 99.1 cm³/mol. The maximum atomic E-state index is 12.2. The van der Waals surface area contributed by atoms with E-state index in [2.05, 4.69) is 21.4 Å². The van der Waals surface area contributed by atoms with Gasteiger partial charge in [-0.25, -0.2) is 4.98 Å². The molecule has 0 saturated carbocycles. The molecule has 6 nitrogen and oxygen atoms in total. The fourth-order valence-corrected chi connectivity index (χ4v) is 4.75. The van der Waals surface area contributed by atoms with Crippen molar-refractivity contribution >= 4 is 34.0 Å². The van der Waals surface area contributed by atoms with Crippen molar-refractivity contribution in [2.24, 2.45) is 0 Å². The lowest BCUT2D eigenvalue weighted by molar-refractivity contribution is -0.113. The molecule has 0 saturated heterocycles. The first-order valence-electron chi connectivity index (χ1n) is 8.20. The van der Waals surface area contributed by atoms with E-state index >= 15 is 0 Å². The van der Waals surface area contributed by atoms with E-state index in [1.54, 1.807) is 0 Å². The van der Waals surface area contributed by atoms with Gasteiger partial charge in [0.1, 0.15) is 11.1 Å². The van der Waals surface area contributed by atoms with Gasteiger partial charge in [-0.15, -0.1) is 11.3 Å². The summed E-state index contributed by atoms with van der Waals surface area (Å²) in [6.45, 7) is 0. The Hall–Kier alpha value is -2.11. The number of rotatable bonds is 4. The van der Waals surface area contributed by atoms with Crippen LogP contribution >= 0.6 is 23.1 Å². The summed E-state index contributed by atoms with van der Waals surface area (Å²) >= 11 is 2.68. The molecule has 0 atom stereocenters. The second-order valence-corrected chi connectivity index (χ2v) is 7.88. The van der Waals surface area contributed by atoms with E-state index in [-0.39, 0.29) is 17.2 Å². The van der Waals surface area contributed by atoms with Gasteiger partial charge in [-0.2, -0.15) is 5.26 Å². The van der Waals surface area contributed by atoms with Crippen LogP contribution in [0.5, 0.6) is 0 Å². The molecule has 2 aromatic rings. The molecule has 0 spiro atoms. The summed E-state index contributed by atoms with van der Waals surface area (Å²) in [5, 5.41) is 13.4. The number of fused-ring (bicyclic) bond motifs is 1. The van der Waals surface area contributed by atoms with Crippen molar-refractivity contribution < 1.29 is 4.79 Å². The van der Waals surface area contributed by atoms with Gasteiger partial charge in [-0.05, 0) is 31.2 Å². The van der Waals surface area contributed by atoms with Gasteiger partial charge < -0.3 is 10.3 Å². The Morgan fingerprint density at radius 1 is 1.36 bits per heavy atom. The molecule has 1 amide bonds. The van der Waals surface area contributed by atoms with E-state index in [1.165, 1.54) is 41.3 Å². The highest BCUT2D eigenvalue weighted by Crippen LogP contribution is 2.36. The minimum absolute atomic E-state index is 0.125. The van der Waals surface area contributed by atoms with Crippen LogP contribution in [0.2, 0.25) is 0 Å². The van der Waals surface area contributed by atoms with Crippen molar-refractivity contribution in [2.45, 2.75) is 43.7 Å². The van der Waals surface area contributed by atoms with Crippen LogP contribution in [-0.2, 0) is 17.6 Å². The highest BCUT2D eigenvalue weighted by molar-refractivity contribution is 7.99. The highest BCUT2D eigenvalue weighted by Gasteiger charge is 2.20. The Morgan fingerprint density at radius 3 is 2.92 bits per heavy atom. The number of aromatic amines is 1. The van der Waals surface area contributed by atoms with Gasteiger partial charge in [0, 0.05) is 17.1 Å². The zero-order valence-corrected chi connectivity index (χ0v) is 15.3. The molecule has 2 heterocycles. The van der Waals surface area contributed by atoms with Crippen LogP contribution in [0.3, 0.4) is 0 Å². The second-order valence-electron chi connectivity index (χ2n) is 5.81. The number of nitrogens with zero attached hydrogens (tertiary/aromatic N) is 2. The number of nitrogens with one attached hydrogen (secondary N) is 2. The van der Waals surface area contributed by atoms with Crippen LogP contribution in [-0.4, -0.2) is 21.6 Å². The van der Waals surface area contributed by atoms with Crippen molar-refractivity contribution in [1.82, 2.24) is 9.97 Å². The van der Waals surface area contributed by atoms with Crippen molar-refractivity contribution in [1.29, 1.82) is 5.26 Å². The summed E-state index contributed by atoms with van der Waals surface area (Å²) in [6, 6.07) is 3.59. The molecule has 0 fully saturated rings. The van der Waals surface area contributed by atoms with E-state index in [9.17, 15) is 14.9 Å². The third-order valence-electron chi connectivity index (χ3n) is 4.02. The molecule has 2 N–H and O–H groups in total. The lowest BCUT2D eigenvalue weighted by Crippen LogP contribution is -2.15. The lowest BCUT2D eigenvalue weighted by atomic mass is 9.97. The molecule has 0 unspecified atom stereocenters. The molecule has 25 heavy (non-hydrogen) atoms. The Labute approximate surface area is 153 Å². The number of carbonyl (C=O) groups excluding carboxylic acids is 1. The zero-order valence-electron chi connectivity index (χ0n) is 13.6. The van der Waals surface area contributed by atoms with Gasteiger partial charge in [0.15, 0.2) is 5.16 Å². The Bertz CT molecular complexity index is 866. The van der Waals surface area contributed by atoms with Gasteiger partial charge in [0.25, 0.3) is 5.56 Å². The van der Waals surface area contributed by atoms with Gasteiger partial charge in [0.2, 0.25) is 5.91 Å². The number of H-pyrrole nitrogens is 1. The fourth-order valence-electron chi connectivity index (χ4n) is 2.85. The molecule has 130 valence electrons. The van der Waals surface area contributed by atoms with Crippen molar-refractivity contribution in [3.63, 3.8) is 0 Å². The van der Waals surface area contributed by atoms with E-state index in [4.69, 9.17) is 0 Å². The lowest BCUT2D eigenvalue weighted by Gasteiger charge is -2.08. The maximum absolute atomic E-state index is 12.2. The Balaban J connectivity index is 1.69. The van der Waals surface area contributed by atoms with Crippen LogP contribution in [0.4, 0.5) is 5.00 Å². The van der Waals surface area contributed by atoms with Gasteiger partial charge in [0.05, 0.1) is 11.3 Å². The predicted octanol–water partition coefficient (Wildman–Crippen LogP) is 3.09. The number of carbonyl (C=O) groups is 1. The van der Waals surface area contributed by atoms with Gasteiger partial charge in [-0.1, -0.05) is 24.6 Å². The first-order chi connectivity index (χ1) is 12.2. The number of aromatic nitrogens is 2. The van der Waals surface area contributed by atoms with Crippen molar-refractivity contribution in [3.05, 3.63) is 38.6 Å². The summed E-state index contributed by atoms with van der Waals surface area (Å²) in [6.07, 6.45) is 7.94. The van der Waals surface area contributed by atoms with E-state index < -0.39 is 0 Å². The number of anilines is 1. The molecule has 1 aliphatic rings.